The van der Waals surface area contributed by atoms with Crippen LogP contribution >= 0.6 is 0 Å². The zero-order valence-electron chi connectivity index (χ0n) is 9.66. The van der Waals surface area contributed by atoms with Crippen molar-refractivity contribution in [3.8, 4) is 0 Å². The van der Waals surface area contributed by atoms with Crippen molar-refractivity contribution in [2.75, 3.05) is 0 Å². The Labute approximate surface area is 105 Å². The van der Waals surface area contributed by atoms with Crippen molar-refractivity contribution in [2.24, 2.45) is 11.5 Å². The predicted octanol–water partition coefficient (Wildman–Crippen LogP) is -0.411. The smallest absolute Gasteiger partial charge is 0.294 e. The maximum absolute atomic E-state index is 10.5. The Bertz CT molecular complexity index is 510. The summed E-state index contributed by atoms with van der Waals surface area (Å²) in [6, 6.07) is 5.99. The Balaban J connectivity index is 0.000000360. The molecule has 18 heavy (non-hydrogen) atoms. The van der Waals surface area contributed by atoms with Gasteiger partial charge in [-0.3, -0.25) is 14.1 Å². The van der Waals surface area contributed by atoms with Crippen molar-refractivity contribution < 1.29 is 22.6 Å². The monoisotopic (exact) mass is 274 g/mol. The summed E-state index contributed by atoms with van der Waals surface area (Å²) in [6.45, 7) is 1.84. The van der Waals surface area contributed by atoms with Gasteiger partial charge in [0.1, 0.15) is 6.42 Å². The maximum Gasteiger partial charge on any atom is 0.294 e. The van der Waals surface area contributed by atoms with Gasteiger partial charge < -0.3 is 11.5 Å². The van der Waals surface area contributed by atoms with Gasteiger partial charge >= 0.3 is 0 Å². The van der Waals surface area contributed by atoms with Crippen molar-refractivity contribution in [1.82, 2.24) is 0 Å². The van der Waals surface area contributed by atoms with E-state index in [9.17, 15) is 18.0 Å². The molecule has 0 bridgehead atoms. The first-order valence-corrected chi connectivity index (χ1v) is 6.17. The van der Waals surface area contributed by atoms with Gasteiger partial charge in [0.2, 0.25) is 11.8 Å². The minimum Gasteiger partial charge on any atom is -0.369 e. The van der Waals surface area contributed by atoms with Crippen LogP contribution in [0.15, 0.2) is 29.2 Å². The summed E-state index contributed by atoms with van der Waals surface area (Å²) in [6.07, 6.45) is -0.361. The van der Waals surface area contributed by atoms with Crippen molar-refractivity contribution >= 4 is 21.9 Å². The average molecular weight is 274 g/mol. The predicted molar refractivity (Wildman–Crippen MR) is 64.0 cm³/mol. The van der Waals surface area contributed by atoms with Gasteiger partial charge in [0.25, 0.3) is 10.1 Å². The molecule has 0 heterocycles. The van der Waals surface area contributed by atoms with Crippen LogP contribution in [-0.2, 0) is 19.7 Å². The Morgan fingerprint density at radius 1 is 1.11 bits per heavy atom. The van der Waals surface area contributed by atoms with Crippen LogP contribution in [0.2, 0.25) is 0 Å². The van der Waals surface area contributed by atoms with Crippen molar-refractivity contribution in [2.45, 2.75) is 18.2 Å². The summed E-state index contributed by atoms with van der Waals surface area (Å²) < 4.78 is 29.6. The van der Waals surface area contributed by atoms with E-state index in [0.717, 1.165) is 5.56 Å². The van der Waals surface area contributed by atoms with Crippen LogP contribution in [0.25, 0.3) is 0 Å². The minimum absolute atomic E-state index is 0.0666. The third kappa shape index (κ3) is 7.36. The summed E-state index contributed by atoms with van der Waals surface area (Å²) >= 11 is 0. The van der Waals surface area contributed by atoms with Gasteiger partial charge in [0, 0.05) is 0 Å². The molecule has 1 aromatic carbocycles. The Morgan fingerprint density at radius 2 is 1.50 bits per heavy atom. The second-order valence-electron chi connectivity index (χ2n) is 3.40. The molecule has 0 saturated heterocycles. The first-order valence-electron chi connectivity index (χ1n) is 4.73. The Morgan fingerprint density at radius 3 is 1.72 bits per heavy atom. The van der Waals surface area contributed by atoms with E-state index >= 15 is 0 Å². The molecule has 0 aromatic heterocycles. The maximum atomic E-state index is 10.5. The highest BCUT2D eigenvalue weighted by Gasteiger charge is 2.06. The van der Waals surface area contributed by atoms with Gasteiger partial charge in [-0.25, -0.2) is 0 Å². The van der Waals surface area contributed by atoms with Gasteiger partial charge in [-0.15, -0.1) is 0 Å². The van der Waals surface area contributed by atoms with E-state index in [1.807, 2.05) is 6.92 Å². The van der Waals surface area contributed by atoms with Crippen LogP contribution in [0.4, 0.5) is 0 Å². The molecule has 0 aliphatic carbocycles. The number of primary amides is 2. The van der Waals surface area contributed by atoms with Gasteiger partial charge in [0.05, 0.1) is 4.90 Å². The number of hydrogen-bond donors (Lipinski definition) is 3. The topological polar surface area (TPSA) is 141 Å². The van der Waals surface area contributed by atoms with Crippen molar-refractivity contribution in [3.05, 3.63) is 29.8 Å². The number of amides is 2. The summed E-state index contributed by atoms with van der Waals surface area (Å²) in [5.74, 6) is -1.37. The molecule has 100 valence electrons. The molecule has 0 unspecified atom stereocenters. The Hall–Kier alpha value is -1.93. The average Bonchev–Trinajstić information content (AvgIpc) is 2.15. The highest BCUT2D eigenvalue weighted by molar-refractivity contribution is 7.85. The van der Waals surface area contributed by atoms with Crippen molar-refractivity contribution in [1.29, 1.82) is 0 Å². The number of rotatable bonds is 3. The lowest BCUT2D eigenvalue weighted by Crippen LogP contribution is -2.21. The fourth-order valence-electron chi connectivity index (χ4n) is 0.882. The third-order valence-electron chi connectivity index (χ3n) is 1.67. The largest absolute Gasteiger partial charge is 0.369 e. The lowest BCUT2D eigenvalue weighted by molar-refractivity contribution is -0.125. The zero-order chi connectivity index (χ0) is 14.3. The van der Waals surface area contributed by atoms with Crippen molar-refractivity contribution in [3.63, 3.8) is 0 Å². The number of nitrogens with two attached hydrogens (primary N) is 2. The van der Waals surface area contributed by atoms with Crippen LogP contribution in [0.5, 0.6) is 0 Å². The van der Waals surface area contributed by atoms with E-state index in [0.29, 0.717) is 0 Å². The van der Waals surface area contributed by atoms with Gasteiger partial charge in [-0.2, -0.15) is 8.42 Å². The third-order valence-corrected chi connectivity index (χ3v) is 2.54. The summed E-state index contributed by atoms with van der Waals surface area (Å²) in [5.41, 5.74) is 10.1. The molecule has 7 nitrogen and oxygen atoms in total. The van der Waals surface area contributed by atoms with E-state index in [4.69, 9.17) is 4.55 Å². The van der Waals surface area contributed by atoms with Gasteiger partial charge in [-0.05, 0) is 19.1 Å². The second kappa shape index (κ2) is 6.72. The molecule has 0 fully saturated rings. The highest BCUT2D eigenvalue weighted by atomic mass is 32.2. The first kappa shape index (κ1) is 16.1. The van der Waals surface area contributed by atoms with Gasteiger partial charge in [-0.1, -0.05) is 17.7 Å². The molecule has 1 rings (SSSR count). The Kier molecular flexibility index (Phi) is 6.00. The van der Waals surface area contributed by atoms with E-state index in [1.54, 1.807) is 12.1 Å². The summed E-state index contributed by atoms with van der Waals surface area (Å²) in [4.78, 5) is 19.4. The molecule has 0 aliphatic heterocycles. The second-order valence-corrected chi connectivity index (χ2v) is 4.82. The number of benzene rings is 1. The quantitative estimate of drug-likeness (QED) is 0.507. The number of hydrogen-bond acceptors (Lipinski definition) is 4. The van der Waals surface area contributed by atoms with E-state index in [1.165, 1.54) is 12.1 Å². The van der Waals surface area contributed by atoms with Crippen LogP contribution in [-0.4, -0.2) is 24.8 Å². The zero-order valence-corrected chi connectivity index (χ0v) is 10.5. The molecule has 0 spiro atoms. The molecule has 0 saturated carbocycles. The van der Waals surface area contributed by atoms with E-state index in [2.05, 4.69) is 11.5 Å². The first-order chi connectivity index (χ1) is 8.12. The molecular weight excluding hydrogens is 260 g/mol. The van der Waals surface area contributed by atoms with E-state index in [-0.39, 0.29) is 11.3 Å². The lowest BCUT2D eigenvalue weighted by Gasteiger charge is -1.95. The standard InChI is InChI=1S/C7H8O3S.C3H6N2O2/c1-6-2-4-7(5-3-6)11(8,9)10;4-2(6)1-3(5)7/h2-5H,1H3,(H,8,9,10);1H2,(H2,4,6)(H2,5,7). The minimum atomic E-state index is -4.02. The molecule has 5 N–H and O–H groups in total. The molecule has 0 radical (unpaired) electrons. The fraction of sp³-hybridized carbons (Fsp3) is 0.200. The highest BCUT2D eigenvalue weighted by Crippen LogP contribution is 2.08. The van der Waals surface area contributed by atoms with Crippen LogP contribution in [0.1, 0.15) is 12.0 Å². The molecule has 0 aliphatic rings. The number of carbonyl (C=O) groups is 2. The van der Waals surface area contributed by atoms with Crippen LogP contribution in [0.3, 0.4) is 0 Å². The summed E-state index contributed by atoms with van der Waals surface area (Å²) in [5, 5.41) is 0. The molecule has 0 atom stereocenters. The molecule has 8 heteroatoms. The number of carbonyl (C=O) groups excluding carboxylic acids is 2. The van der Waals surface area contributed by atoms with Crippen LogP contribution < -0.4 is 11.5 Å². The van der Waals surface area contributed by atoms with Gasteiger partial charge in [0.15, 0.2) is 0 Å². The lowest BCUT2D eigenvalue weighted by atomic mass is 10.2. The van der Waals surface area contributed by atoms with Crippen LogP contribution in [0, 0.1) is 6.92 Å². The SMILES string of the molecule is Cc1ccc(S(=O)(=O)O)cc1.NC(=O)CC(N)=O. The fourth-order valence-corrected chi connectivity index (χ4v) is 1.36. The van der Waals surface area contributed by atoms with E-state index < -0.39 is 21.9 Å². The molecular formula is C10H14N2O5S. The molecule has 2 amide bonds. The molecule has 1 aromatic rings. The normalized spacial score (nSPS) is 10.1. The number of aryl methyl sites for hydroxylation is 1. The summed E-state index contributed by atoms with van der Waals surface area (Å²) in [7, 11) is -4.02.